The lowest BCUT2D eigenvalue weighted by molar-refractivity contribution is -0.120. The predicted molar refractivity (Wildman–Crippen MR) is 194 cm³/mol. The van der Waals surface area contributed by atoms with Gasteiger partial charge in [0, 0.05) is 83.1 Å². The number of pyridine rings is 1. The quantitative estimate of drug-likeness (QED) is 0.331. The Kier molecular flexibility index (Phi) is 11.1. The van der Waals surface area contributed by atoms with Crippen LogP contribution in [0.25, 0.3) is 0 Å². The second-order valence-electron chi connectivity index (χ2n) is 13.9. The number of hydrogen-bond acceptors (Lipinski definition) is 11. The van der Waals surface area contributed by atoms with Gasteiger partial charge in [0.15, 0.2) is 11.5 Å². The maximum absolute atomic E-state index is 13.0. The Morgan fingerprint density at radius 1 is 0.962 bits per heavy atom. The molecule has 0 atom stereocenters. The number of urea groups is 1. The number of imide groups is 1. The third-order valence-corrected chi connectivity index (χ3v) is 10.9. The highest BCUT2D eigenvalue weighted by Gasteiger charge is 2.31. The highest BCUT2D eigenvalue weighted by atomic mass is 35.5. The first-order chi connectivity index (χ1) is 25.3. The number of rotatable bonds is 9. The van der Waals surface area contributed by atoms with E-state index in [2.05, 4.69) is 46.6 Å². The van der Waals surface area contributed by atoms with E-state index in [1.165, 1.54) is 0 Å². The van der Waals surface area contributed by atoms with Crippen LogP contribution in [0.15, 0.2) is 48.8 Å². The normalized spacial score (nSPS) is 22.1. The van der Waals surface area contributed by atoms with Gasteiger partial charge in [-0.2, -0.15) is 5.26 Å². The number of halogens is 1. The molecule has 3 aromatic rings. The Morgan fingerprint density at radius 3 is 2.44 bits per heavy atom. The zero-order chi connectivity index (χ0) is 36.0. The second-order valence-corrected chi connectivity index (χ2v) is 14.3. The van der Waals surface area contributed by atoms with E-state index >= 15 is 0 Å². The lowest BCUT2D eigenvalue weighted by Gasteiger charge is -2.43. The van der Waals surface area contributed by atoms with Gasteiger partial charge in [0.1, 0.15) is 11.8 Å². The van der Waals surface area contributed by atoms with Crippen LogP contribution in [0.4, 0.5) is 16.3 Å². The smallest absolute Gasteiger partial charge is 0.328 e. The van der Waals surface area contributed by atoms with Crippen LogP contribution in [0.5, 0.6) is 5.75 Å². The summed E-state index contributed by atoms with van der Waals surface area (Å²) in [6.45, 7) is 6.68. The van der Waals surface area contributed by atoms with Crippen LogP contribution in [0.3, 0.4) is 0 Å². The molecule has 7 rings (SSSR count). The third kappa shape index (κ3) is 8.44. The fourth-order valence-electron chi connectivity index (χ4n) is 7.62. The highest BCUT2D eigenvalue weighted by molar-refractivity contribution is 6.31. The van der Waals surface area contributed by atoms with Crippen LogP contribution in [0.1, 0.15) is 66.6 Å². The Labute approximate surface area is 308 Å². The molecule has 3 aliphatic heterocycles. The maximum atomic E-state index is 13.0. The van der Waals surface area contributed by atoms with E-state index in [1.807, 2.05) is 12.1 Å². The van der Waals surface area contributed by atoms with E-state index in [1.54, 1.807) is 41.6 Å². The van der Waals surface area contributed by atoms with Crippen LogP contribution >= 0.6 is 11.6 Å². The van der Waals surface area contributed by atoms with Gasteiger partial charge in [-0.25, -0.2) is 4.79 Å². The number of piperidine rings is 1. The van der Waals surface area contributed by atoms with E-state index < -0.39 is 0 Å². The van der Waals surface area contributed by atoms with Gasteiger partial charge < -0.3 is 15.0 Å². The van der Waals surface area contributed by atoms with Gasteiger partial charge in [-0.1, -0.05) is 11.6 Å². The Bertz CT molecular complexity index is 1800. The van der Waals surface area contributed by atoms with Gasteiger partial charge in [-0.15, -0.1) is 10.2 Å². The molecule has 5 heterocycles. The van der Waals surface area contributed by atoms with Gasteiger partial charge in [0.25, 0.3) is 5.91 Å². The number of nitriles is 1. The van der Waals surface area contributed by atoms with Crippen molar-refractivity contribution in [3.05, 3.63) is 70.6 Å². The molecular formula is C37H43ClN10O4. The largest absolute Gasteiger partial charge is 0.490 e. The first-order valence-electron chi connectivity index (χ1n) is 18.1. The van der Waals surface area contributed by atoms with Crippen molar-refractivity contribution >= 4 is 41.0 Å². The molecule has 0 unspecified atom stereocenters. The highest BCUT2D eigenvalue weighted by Crippen LogP contribution is 2.28. The summed E-state index contributed by atoms with van der Waals surface area (Å²) in [6, 6.07) is 12.9. The SMILES string of the molecule is N#Cc1ccc(OC2CCC(NC(=O)c3ccc(N4CCC(N5CCN(Cc6ccncc6N6CCC(=O)NC6=O)CC5)CC4)nn3)CC2)cc1Cl. The number of ether oxygens (including phenoxy) is 1. The molecule has 14 nitrogen and oxygen atoms in total. The number of hydrogen-bond donors (Lipinski definition) is 2. The van der Waals surface area contributed by atoms with E-state index in [0.717, 1.165) is 101 Å². The Morgan fingerprint density at radius 2 is 1.75 bits per heavy atom. The standard InChI is InChI=1S/C37H43ClN10O4/c38-31-21-30(4-1-25(31)22-39)52-29-5-2-27(3-6-29)41-36(50)32-7-8-34(44-43-32)47-14-10-28(11-15-47)46-19-17-45(18-20-46)24-26-9-13-40-23-33(26)48-16-12-35(49)42-37(48)51/h1,4,7-9,13,21,23,27-29H,2-3,5-6,10-12,14-20,24H2,(H,41,50)(H,42,49,51). The van der Waals surface area contributed by atoms with E-state index in [9.17, 15) is 14.4 Å². The van der Waals surface area contributed by atoms with Gasteiger partial charge in [0.05, 0.1) is 28.6 Å². The van der Waals surface area contributed by atoms with Crippen LogP contribution < -0.4 is 25.2 Å². The van der Waals surface area contributed by atoms with Gasteiger partial charge in [0.2, 0.25) is 5.91 Å². The number of aromatic nitrogens is 3. The summed E-state index contributed by atoms with van der Waals surface area (Å²) in [5.74, 6) is 0.982. The van der Waals surface area contributed by atoms with Crippen molar-refractivity contribution in [2.75, 3.05) is 55.6 Å². The zero-order valence-electron chi connectivity index (χ0n) is 29.0. The van der Waals surface area contributed by atoms with Gasteiger partial charge >= 0.3 is 6.03 Å². The molecule has 2 aromatic heterocycles. The molecule has 0 spiro atoms. The monoisotopic (exact) mass is 726 g/mol. The minimum absolute atomic E-state index is 0.0307. The second kappa shape index (κ2) is 16.2. The molecule has 1 aromatic carbocycles. The first-order valence-corrected chi connectivity index (χ1v) is 18.5. The molecule has 52 heavy (non-hydrogen) atoms. The van der Waals surface area contributed by atoms with Crippen LogP contribution in [-0.4, -0.2) is 107 Å². The number of anilines is 2. The summed E-state index contributed by atoms with van der Waals surface area (Å²) in [5, 5.41) is 23.7. The summed E-state index contributed by atoms with van der Waals surface area (Å²) < 4.78 is 6.08. The maximum Gasteiger partial charge on any atom is 0.328 e. The summed E-state index contributed by atoms with van der Waals surface area (Å²) in [4.78, 5) is 50.2. The van der Waals surface area contributed by atoms with Crippen LogP contribution in [0, 0.1) is 11.3 Å². The fraction of sp³-hybridized carbons (Fsp3) is 0.486. The molecule has 0 radical (unpaired) electrons. The minimum atomic E-state index is -0.389. The Hall–Kier alpha value is -4.84. The van der Waals surface area contributed by atoms with Crippen molar-refractivity contribution in [2.24, 2.45) is 0 Å². The van der Waals surface area contributed by atoms with Gasteiger partial charge in [-0.05, 0) is 74.4 Å². The molecule has 4 aliphatic rings. The summed E-state index contributed by atoms with van der Waals surface area (Å²) in [6.07, 6.45) is 9.04. The summed E-state index contributed by atoms with van der Waals surface area (Å²) in [7, 11) is 0. The van der Waals surface area contributed by atoms with Crippen molar-refractivity contribution in [3.63, 3.8) is 0 Å². The third-order valence-electron chi connectivity index (χ3n) is 10.6. The molecular weight excluding hydrogens is 684 g/mol. The number of benzene rings is 1. The fourth-order valence-corrected chi connectivity index (χ4v) is 7.84. The molecule has 0 bridgehead atoms. The van der Waals surface area contributed by atoms with E-state index in [-0.39, 0.29) is 36.4 Å². The van der Waals surface area contributed by atoms with Crippen molar-refractivity contribution in [2.45, 2.75) is 69.7 Å². The van der Waals surface area contributed by atoms with Crippen molar-refractivity contribution in [1.29, 1.82) is 5.26 Å². The summed E-state index contributed by atoms with van der Waals surface area (Å²) >= 11 is 6.14. The molecule has 3 saturated heterocycles. The van der Waals surface area contributed by atoms with E-state index in [4.69, 9.17) is 21.6 Å². The van der Waals surface area contributed by atoms with Crippen molar-refractivity contribution in [3.8, 4) is 11.8 Å². The number of carbonyl (C=O) groups excluding carboxylic acids is 3. The molecule has 4 fully saturated rings. The number of amides is 4. The molecule has 1 aliphatic carbocycles. The molecule has 15 heteroatoms. The lowest BCUT2D eigenvalue weighted by Crippen LogP contribution is -2.53. The molecule has 4 amide bonds. The van der Waals surface area contributed by atoms with Crippen molar-refractivity contribution in [1.82, 2.24) is 35.6 Å². The molecule has 1 saturated carbocycles. The summed E-state index contributed by atoms with van der Waals surface area (Å²) in [5.41, 5.74) is 2.53. The van der Waals surface area contributed by atoms with Crippen molar-refractivity contribution < 1.29 is 19.1 Å². The zero-order valence-corrected chi connectivity index (χ0v) is 29.8. The topological polar surface area (TPSA) is 160 Å². The van der Waals surface area contributed by atoms with Gasteiger partial charge in [-0.3, -0.25) is 34.6 Å². The van der Waals surface area contributed by atoms with Crippen LogP contribution in [0.2, 0.25) is 5.02 Å². The number of carbonyl (C=O) groups is 3. The van der Waals surface area contributed by atoms with E-state index in [0.29, 0.717) is 34.6 Å². The number of nitrogens with zero attached hydrogens (tertiary/aromatic N) is 8. The average molecular weight is 727 g/mol. The molecule has 2 N–H and O–H groups in total. The van der Waals surface area contributed by atoms with Crippen LogP contribution in [-0.2, 0) is 11.3 Å². The average Bonchev–Trinajstić information content (AvgIpc) is 3.17. The Balaban J connectivity index is 0.825. The number of nitrogens with one attached hydrogen (secondary N) is 2. The minimum Gasteiger partial charge on any atom is -0.490 e. The molecule has 272 valence electrons. The first kappa shape index (κ1) is 35.6. The number of piperazine rings is 1. The predicted octanol–water partition coefficient (Wildman–Crippen LogP) is 3.75. The lowest BCUT2D eigenvalue weighted by atomic mass is 9.93.